The summed E-state index contributed by atoms with van der Waals surface area (Å²) in [6.45, 7) is 6.53. The molecule has 2 heterocycles. The lowest BCUT2D eigenvalue weighted by Crippen LogP contribution is -2.47. The van der Waals surface area contributed by atoms with E-state index >= 15 is 0 Å². The van der Waals surface area contributed by atoms with Gasteiger partial charge >= 0.3 is 0 Å². The van der Waals surface area contributed by atoms with Gasteiger partial charge in [-0.25, -0.2) is 14.4 Å². The zero-order valence-corrected chi connectivity index (χ0v) is 13.9. The molecule has 1 aromatic heterocycles. The van der Waals surface area contributed by atoms with Crippen LogP contribution in [-0.4, -0.2) is 42.1 Å². The van der Waals surface area contributed by atoms with Gasteiger partial charge in [-0.05, 0) is 29.8 Å². The summed E-state index contributed by atoms with van der Waals surface area (Å²) >= 11 is 0. The number of halogens is 1. The highest BCUT2D eigenvalue weighted by Crippen LogP contribution is 2.23. The molecule has 0 saturated carbocycles. The number of benzene rings is 1. The fraction of sp³-hybridized carbons (Fsp3) is 0.278. The predicted octanol–water partition coefficient (Wildman–Crippen LogP) is 1.74. The number of nitrogens with zero attached hydrogens (tertiary/aromatic N) is 4. The zero-order chi connectivity index (χ0) is 17.6. The molecule has 1 aliphatic heterocycles. The molecule has 1 fully saturated rings. The average molecular weight is 341 g/mol. The summed E-state index contributed by atoms with van der Waals surface area (Å²) in [5.41, 5.74) is 1.29. The van der Waals surface area contributed by atoms with E-state index in [4.69, 9.17) is 0 Å². The lowest BCUT2D eigenvalue weighted by atomic mass is 10.1. The fourth-order valence-electron chi connectivity index (χ4n) is 2.78. The van der Waals surface area contributed by atoms with Crippen LogP contribution < -0.4 is 15.1 Å². The van der Waals surface area contributed by atoms with Crippen LogP contribution in [0.25, 0.3) is 0 Å². The number of hydrogen-bond acceptors (Lipinski definition) is 5. The molecule has 0 radical (unpaired) electrons. The molecule has 1 amide bonds. The van der Waals surface area contributed by atoms with E-state index in [1.807, 2.05) is 11.0 Å². The van der Waals surface area contributed by atoms with Crippen LogP contribution in [0, 0.1) is 5.82 Å². The van der Waals surface area contributed by atoms with Gasteiger partial charge in [-0.15, -0.1) is 0 Å². The maximum atomic E-state index is 14.4. The fourth-order valence-corrected chi connectivity index (χ4v) is 2.78. The van der Waals surface area contributed by atoms with Gasteiger partial charge in [-0.3, -0.25) is 4.79 Å². The second-order valence-electron chi connectivity index (χ2n) is 5.73. The van der Waals surface area contributed by atoms with E-state index in [0.717, 1.165) is 13.1 Å². The summed E-state index contributed by atoms with van der Waals surface area (Å²) in [5, 5.41) is 2.64. The molecule has 1 saturated heterocycles. The number of anilines is 2. The zero-order valence-electron chi connectivity index (χ0n) is 13.9. The summed E-state index contributed by atoms with van der Waals surface area (Å²) in [6.07, 6.45) is 4.64. The third-order valence-corrected chi connectivity index (χ3v) is 4.12. The first kappa shape index (κ1) is 16.9. The first-order valence-electron chi connectivity index (χ1n) is 8.13. The number of carbonyl (C=O) groups is 1. The van der Waals surface area contributed by atoms with Crippen molar-refractivity contribution < 1.29 is 9.18 Å². The SMILES string of the molecule is C=CC(=O)NCc1ccc(N2CCN(c3ncccn3)CC2)c(F)c1. The quantitative estimate of drug-likeness (QED) is 0.840. The molecular formula is C18H20FN5O. The number of piperazine rings is 1. The van der Waals surface area contributed by atoms with Crippen molar-refractivity contribution in [3.8, 4) is 0 Å². The Morgan fingerprint density at radius 3 is 2.52 bits per heavy atom. The molecule has 7 heteroatoms. The summed E-state index contributed by atoms with van der Waals surface area (Å²) in [4.78, 5) is 23.8. The Balaban J connectivity index is 1.61. The van der Waals surface area contributed by atoms with E-state index in [9.17, 15) is 9.18 Å². The van der Waals surface area contributed by atoms with Gasteiger partial charge < -0.3 is 15.1 Å². The number of carbonyl (C=O) groups excluding carboxylic acids is 1. The van der Waals surface area contributed by atoms with Crippen LogP contribution in [-0.2, 0) is 11.3 Å². The van der Waals surface area contributed by atoms with Crippen LogP contribution in [0.1, 0.15) is 5.56 Å². The summed E-state index contributed by atoms with van der Waals surface area (Å²) < 4.78 is 14.4. The number of rotatable bonds is 5. The van der Waals surface area contributed by atoms with Crippen molar-refractivity contribution in [2.75, 3.05) is 36.0 Å². The van der Waals surface area contributed by atoms with Gasteiger partial charge in [0.15, 0.2) is 0 Å². The molecule has 1 aliphatic rings. The Kier molecular flexibility index (Phi) is 5.23. The normalized spacial score (nSPS) is 14.3. The molecule has 0 unspecified atom stereocenters. The van der Waals surface area contributed by atoms with Crippen molar-refractivity contribution >= 4 is 17.5 Å². The van der Waals surface area contributed by atoms with Crippen molar-refractivity contribution in [1.82, 2.24) is 15.3 Å². The number of amides is 1. The molecule has 0 atom stereocenters. The number of nitrogens with one attached hydrogen (secondary N) is 1. The summed E-state index contributed by atoms with van der Waals surface area (Å²) in [7, 11) is 0. The van der Waals surface area contributed by atoms with Gasteiger partial charge in [-0.1, -0.05) is 12.6 Å². The Labute approximate surface area is 146 Å². The molecule has 0 bridgehead atoms. The third kappa shape index (κ3) is 4.12. The first-order chi connectivity index (χ1) is 12.2. The Morgan fingerprint density at radius 2 is 1.88 bits per heavy atom. The molecule has 130 valence electrons. The van der Waals surface area contributed by atoms with Crippen molar-refractivity contribution in [2.45, 2.75) is 6.54 Å². The predicted molar refractivity (Wildman–Crippen MR) is 94.9 cm³/mol. The van der Waals surface area contributed by atoms with Crippen LogP contribution in [0.3, 0.4) is 0 Å². The largest absolute Gasteiger partial charge is 0.366 e. The Morgan fingerprint density at radius 1 is 1.20 bits per heavy atom. The molecule has 3 rings (SSSR count). The van der Waals surface area contributed by atoms with E-state index in [1.54, 1.807) is 24.5 Å². The maximum Gasteiger partial charge on any atom is 0.243 e. The lowest BCUT2D eigenvalue weighted by Gasteiger charge is -2.36. The minimum absolute atomic E-state index is 0.274. The van der Waals surface area contributed by atoms with E-state index < -0.39 is 0 Å². The van der Waals surface area contributed by atoms with Gasteiger partial charge in [-0.2, -0.15) is 0 Å². The minimum atomic E-state index is -0.283. The molecular weight excluding hydrogens is 321 g/mol. The van der Waals surface area contributed by atoms with Crippen LogP contribution in [0.5, 0.6) is 0 Å². The lowest BCUT2D eigenvalue weighted by molar-refractivity contribution is -0.116. The van der Waals surface area contributed by atoms with Crippen molar-refractivity contribution in [3.05, 3.63) is 60.7 Å². The molecule has 0 aliphatic carbocycles. The summed E-state index contributed by atoms with van der Waals surface area (Å²) in [5.74, 6) is 0.148. The van der Waals surface area contributed by atoms with Crippen LogP contribution in [0.2, 0.25) is 0 Å². The highest BCUT2D eigenvalue weighted by molar-refractivity contribution is 5.86. The molecule has 0 spiro atoms. The third-order valence-electron chi connectivity index (χ3n) is 4.12. The van der Waals surface area contributed by atoms with Crippen LogP contribution in [0.4, 0.5) is 16.0 Å². The van der Waals surface area contributed by atoms with E-state index in [-0.39, 0.29) is 18.3 Å². The van der Waals surface area contributed by atoms with Crippen molar-refractivity contribution in [1.29, 1.82) is 0 Å². The molecule has 1 aromatic carbocycles. The van der Waals surface area contributed by atoms with Gasteiger partial charge in [0, 0.05) is 45.1 Å². The smallest absolute Gasteiger partial charge is 0.243 e. The Bertz CT molecular complexity index is 744. The molecule has 2 aromatic rings. The highest BCUT2D eigenvalue weighted by Gasteiger charge is 2.21. The first-order valence-corrected chi connectivity index (χ1v) is 8.13. The standard InChI is InChI=1S/C18H20FN5O/c1-2-17(25)22-13-14-4-5-16(15(19)12-14)23-8-10-24(11-9-23)18-20-6-3-7-21-18/h2-7,12H,1,8-11,13H2,(H,22,25). The van der Waals surface area contributed by atoms with Crippen LogP contribution in [0.15, 0.2) is 49.3 Å². The van der Waals surface area contributed by atoms with E-state index in [2.05, 4.69) is 26.8 Å². The molecule has 25 heavy (non-hydrogen) atoms. The average Bonchev–Trinajstić information content (AvgIpc) is 2.67. The monoisotopic (exact) mass is 341 g/mol. The molecule has 6 nitrogen and oxygen atoms in total. The number of aromatic nitrogens is 2. The topological polar surface area (TPSA) is 61.4 Å². The van der Waals surface area contributed by atoms with Crippen LogP contribution >= 0.6 is 0 Å². The second kappa shape index (κ2) is 7.74. The van der Waals surface area contributed by atoms with Gasteiger partial charge in [0.25, 0.3) is 0 Å². The van der Waals surface area contributed by atoms with Crippen molar-refractivity contribution in [3.63, 3.8) is 0 Å². The minimum Gasteiger partial charge on any atom is -0.366 e. The summed E-state index contributed by atoms with van der Waals surface area (Å²) in [6, 6.07) is 6.84. The van der Waals surface area contributed by atoms with Gasteiger partial charge in [0.2, 0.25) is 11.9 Å². The Hall–Kier alpha value is -2.96. The van der Waals surface area contributed by atoms with Gasteiger partial charge in [0.1, 0.15) is 5.82 Å². The van der Waals surface area contributed by atoms with Gasteiger partial charge in [0.05, 0.1) is 5.69 Å². The maximum absolute atomic E-state index is 14.4. The van der Waals surface area contributed by atoms with E-state index in [1.165, 1.54) is 12.1 Å². The van der Waals surface area contributed by atoms with Crippen molar-refractivity contribution in [2.24, 2.45) is 0 Å². The number of hydrogen-bond donors (Lipinski definition) is 1. The second-order valence-corrected chi connectivity index (χ2v) is 5.73. The highest BCUT2D eigenvalue weighted by atomic mass is 19.1. The molecule has 1 N–H and O–H groups in total. The van der Waals surface area contributed by atoms with E-state index in [0.29, 0.717) is 30.3 Å².